The maximum absolute atomic E-state index is 11.5. The molecule has 22 heavy (non-hydrogen) atoms. The summed E-state index contributed by atoms with van der Waals surface area (Å²) in [5.41, 5.74) is 1.12. The minimum atomic E-state index is -4.91. The molecule has 0 radical (unpaired) electrons. The van der Waals surface area contributed by atoms with E-state index in [2.05, 4.69) is 0 Å². The highest BCUT2D eigenvalue weighted by Gasteiger charge is 2.55. The molecule has 0 aliphatic rings. The lowest BCUT2D eigenvalue weighted by Gasteiger charge is -2.31. The number of hydrogen-bond donors (Lipinski definition) is 4. The predicted octanol–water partition coefficient (Wildman–Crippen LogP) is 3.42. The van der Waals surface area contributed by atoms with E-state index in [1.165, 1.54) is 0 Å². The first-order valence-electron chi connectivity index (χ1n) is 7.19. The highest BCUT2D eigenvalue weighted by molar-refractivity contribution is 7.72. The Bertz CT molecular complexity index is 540. The van der Waals surface area contributed by atoms with Gasteiger partial charge in [0.1, 0.15) is 0 Å². The second-order valence-electron chi connectivity index (χ2n) is 5.71. The summed E-state index contributed by atoms with van der Waals surface area (Å²) in [4.78, 5) is 35.0. The summed E-state index contributed by atoms with van der Waals surface area (Å²) in [7, 11) is -9.83. The zero-order valence-corrected chi connectivity index (χ0v) is 14.6. The normalized spacial score (nSPS) is 14.8. The monoisotopic (exact) mass is 350 g/mol. The molecule has 1 rings (SSSR count). The lowest BCUT2D eigenvalue weighted by atomic mass is 9.91. The lowest BCUT2D eigenvalue weighted by Crippen LogP contribution is -2.25. The molecule has 0 saturated carbocycles. The van der Waals surface area contributed by atoms with Crippen LogP contribution in [0.25, 0.3) is 0 Å². The highest BCUT2D eigenvalue weighted by Crippen LogP contribution is 2.70. The van der Waals surface area contributed by atoms with Crippen molar-refractivity contribution in [3.05, 3.63) is 35.9 Å². The van der Waals surface area contributed by atoms with Crippen molar-refractivity contribution in [2.45, 2.75) is 50.3 Å². The molecule has 0 spiro atoms. The van der Waals surface area contributed by atoms with Gasteiger partial charge in [-0.2, -0.15) is 0 Å². The van der Waals surface area contributed by atoms with Gasteiger partial charge in [-0.25, -0.2) is 0 Å². The lowest BCUT2D eigenvalue weighted by molar-refractivity contribution is 0.304. The van der Waals surface area contributed by atoms with E-state index < -0.39 is 20.1 Å². The van der Waals surface area contributed by atoms with Crippen molar-refractivity contribution in [2.24, 2.45) is 0 Å². The molecule has 0 aliphatic heterocycles. The van der Waals surface area contributed by atoms with Crippen LogP contribution in [0.2, 0.25) is 0 Å². The summed E-state index contributed by atoms with van der Waals surface area (Å²) in [6, 6.07) is 9.73. The third kappa shape index (κ3) is 4.51. The Balaban J connectivity index is 2.79. The van der Waals surface area contributed by atoms with Gasteiger partial charge in [-0.1, -0.05) is 43.7 Å². The topological polar surface area (TPSA) is 115 Å². The van der Waals surface area contributed by atoms with Crippen molar-refractivity contribution in [3.8, 4) is 0 Å². The third-order valence-corrected chi connectivity index (χ3v) is 8.74. The van der Waals surface area contributed by atoms with Crippen LogP contribution in [-0.4, -0.2) is 24.5 Å². The van der Waals surface area contributed by atoms with Crippen LogP contribution in [-0.2, 0) is 9.13 Å². The quantitative estimate of drug-likeness (QED) is 0.534. The molecule has 6 nitrogen and oxygen atoms in total. The molecule has 8 heteroatoms. The Labute approximate surface area is 130 Å². The average molecular weight is 350 g/mol. The van der Waals surface area contributed by atoms with E-state index in [0.717, 1.165) is 18.9 Å². The first kappa shape index (κ1) is 19.6. The van der Waals surface area contributed by atoms with Gasteiger partial charge in [0.25, 0.3) is 0 Å². The van der Waals surface area contributed by atoms with Crippen LogP contribution < -0.4 is 0 Å². The van der Waals surface area contributed by atoms with Crippen LogP contribution >= 0.6 is 15.2 Å². The van der Waals surface area contributed by atoms with E-state index in [1.54, 1.807) is 0 Å². The van der Waals surface area contributed by atoms with E-state index >= 15 is 0 Å². The first-order chi connectivity index (χ1) is 10.0. The van der Waals surface area contributed by atoms with Crippen molar-refractivity contribution >= 4 is 15.2 Å². The molecule has 0 fully saturated rings. The van der Waals surface area contributed by atoms with E-state index in [0.29, 0.717) is 12.8 Å². The number of hydrogen-bond acceptors (Lipinski definition) is 2. The van der Waals surface area contributed by atoms with Crippen LogP contribution in [0.1, 0.15) is 51.0 Å². The second kappa shape index (κ2) is 7.39. The maximum atomic E-state index is 11.5. The minimum absolute atomic E-state index is 0.207. The predicted molar refractivity (Wildman–Crippen MR) is 85.8 cm³/mol. The van der Waals surface area contributed by atoms with Crippen molar-refractivity contribution in [3.63, 3.8) is 0 Å². The van der Waals surface area contributed by atoms with Crippen molar-refractivity contribution < 1.29 is 28.7 Å². The Hall–Kier alpha value is -0.480. The van der Waals surface area contributed by atoms with E-state index in [9.17, 15) is 28.7 Å². The van der Waals surface area contributed by atoms with Crippen molar-refractivity contribution in [2.75, 3.05) is 0 Å². The van der Waals surface area contributed by atoms with Crippen LogP contribution in [0.4, 0.5) is 0 Å². The molecule has 126 valence electrons. The Morgan fingerprint density at radius 2 is 1.55 bits per heavy atom. The van der Waals surface area contributed by atoms with Crippen LogP contribution in [0.3, 0.4) is 0 Å². The van der Waals surface area contributed by atoms with Gasteiger partial charge in [0.05, 0.1) is 0 Å². The van der Waals surface area contributed by atoms with Gasteiger partial charge >= 0.3 is 15.2 Å². The number of rotatable bonds is 8. The van der Waals surface area contributed by atoms with E-state index in [4.69, 9.17) is 0 Å². The molecule has 0 heterocycles. The third-order valence-electron chi connectivity index (χ3n) is 4.22. The molecular weight excluding hydrogens is 326 g/mol. The zero-order chi connectivity index (χ0) is 17.0. The zero-order valence-electron chi connectivity index (χ0n) is 12.8. The van der Waals surface area contributed by atoms with E-state index in [1.807, 2.05) is 37.3 Å². The highest BCUT2D eigenvalue weighted by atomic mass is 31.2. The van der Waals surface area contributed by atoms with Gasteiger partial charge in [0.2, 0.25) is 0 Å². The van der Waals surface area contributed by atoms with Gasteiger partial charge < -0.3 is 19.6 Å². The maximum Gasteiger partial charge on any atom is 0.343 e. The summed E-state index contributed by atoms with van der Waals surface area (Å²) in [6.07, 6.45) is 1.59. The Morgan fingerprint density at radius 1 is 1.05 bits per heavy atom. The summed E-state index contributed by atoms with van der Waals surface area (Å²) >= 11 is 0. The van der Waals surface area contributed by atoms with E-state index in [-0.39, 0.29) is 12.3 Å². The van der Waals surface area contributed by atoms with Crippen LogP contribution in [0, 0.1) is 0 Å². The fourth-order valence-corrected chi connectivity index (χ4v) is 4.73. The van der Waals surface area contributed by atoms with Crippen LogP contribution in [0.15, 0.2) is 30.3 Å². The molecule has 0 saturated heterocycles. The minimum Gasteiger partial charge on any atom is -0.324 e. The van der Waals surface area contributed by atoms with Gasteiger partial charge in [-0.3, -0.25) is 9.13 Å². The van der Waals surface area contributed by atoms with Crippen molar-refractivity contribution in [1.29, 1.82) is 0 Å². The largest absolute Gasteiger partial charge is 0.343 e. The second-order valence-corrected chi connectivity index (χ2v) is 10.2. The summed E-state index contributed by atoms with van der Waals surface area (Å²) < 4.78 is 23.0. The summed E-state index contributed by atoms with van der Waals surface area (Å²) in [5.74, 6) is 0.207. The molecule has 0 amide bonds. The molecule has 0 aromatic heterocycles. The molecule has 1 atom stereocenters. The van der Waals surface area contributed by atoms with Gasteiger partial charge in [-0.05, 0) is 37.7 Å². The first-order valence-corrected chi connectivity index (χ1v) is 10.4. The Kier molecular flexibility index (Phi) is 6.58. The SMILES string of the molecule is CCC(CCCC(C)(P(=O)(O)O)P(=O)(O)O)c1ccccc1. The summed E-state index contributed by atoms with van der Waals surface area (Å²) in [6.45, 7) is 2.99. The fraction of sp³-hybridized carbons (Fsp3) is 0.571. The van der Waals surface area contributed by atoms with Gasteiger partial charge in [0, 0.05) is 0 Å². The summed E-state index contributed by atoms with van der Waals surface area (Å²) in [5, 5.41) is 0. The molecule has 0 aliphatic carbocycles. The standard InChI is InChI=1S/C14H24O6P2/c1-3-12(13-8-5-4-6-9-13)10-7-11-14(2,21(15,16)17)22(18,19)20/h4-6,8-9,12H,3,7,10-11H2,1-2H3,(H2,15,16,17)(H2,18,19,20). The van der Waals surface area contributed by atoms with Crippen LogP contribution in [0.5, 0.6) is 0 Å². The Morgan fingerprint density at radius 3 is 1.95 bits per heavy atom. The molecular formula is C14H24O6P2. The molecule has 1 aromatic rings. The fourth-order valence-electron chi connectivity index (χ4n) is 2.48. The van der Waals surface area contributed by atoms with Gasteiger partial charge in [0.15, 0.2) is 4.90 Å². The van der Waals surface area contributed by atoms with Gasteiger partial charge in [-0.15, -0.1) is 0 Å². The average Bonchev–Trinajstić information content (AvgIpc) is 2.42. The number of benzene rings is 1. The molecule has 4 N–H and O–H groups in total. The molecule has 1 unspecified atom stereocenters. The van der Waals surface area contributed by atoms with Crippen molar-refractivity contribution in [1.82, 2.24) is 0 Å². The molecule has 1 aromatic carbocycles. The smallest absolute Gasteiger partial charge is 0.324 e. The molecule has 0 bridgehead atoms.